The average Bonchev–Trinajstić information content (AvgIpc) is 2.91. The van der Waals surface area contributed by atoms with Gasteiger partial charge in [-0.2, -0.15) is 0 Å². The van der Waals surface area contributed by atoms with E-state index in [-0.39, 0.29) is 28.1 Å². The Hall–Kier alpha value is -1.02. The molecule has 0 aliphatic rings. The van der Waals surface area contributed by atoms with Gasteiger partial charge in [0, 0.05) is 11.9 Å². The standard InChI is InChI=1S/C13H20O2.C11H16O.C8H19BrOSi.2CH4/c1-3-11(2)13-6-4-12(5-7-13)10-15-9-8-14;1-3-9(2)11-6-4-10(8-12)5-7-11;1-8(2,3)11(4,5)10-7-6-9;;/h4-7,11,14H,3,8-10H2,1-2H3;4-7,9,12H,3,8H2,1-2H3;6-7H2,1-5H3;2*1H4. The number of aliphatic hydroxyl groups excluding tert-OH is 2. The highest BCUT2D eigenvalue weighted by Gasteiger charge is 2.36. The van der Waals surface area contributed by atoms with Crippen LogP contribution in [0.3, 0.4) is 0 Å². The number of rotatable bonds is 12. The number of aliphatic hydroxyl groups is 2. The summed E-state index contributed by atoms with van der Waals surface area (Å²) in [5.74, 6) is 1.25. The smallest absolute Gasteiger partial charge is 0.192 e. The van der Waals surface area contributed by atoms with Crippen molar-refractivity contribution in [1.82, 2.24) is 0 Å². The van der Waals surface area contributed by atoms with Crippen molar-refractivity contribution < 1.29 is 19.4 Å². The third-order valence-electron chi connectivity index (χ3n) is 7.36. The summed E-state index contributed by atoms with van der Waals surface area (Å²) in [5, 5.41) is 18.7. The molecule has 0 spiro atoms. The highest BCUT2D eigenvalue weighted by Crippen LogP contribution is 2.36. The molecule has 2 atom stereocenters. The van der Waals surface area contributed by atoms with E-state index in [4.69, 9.17) is 19.4 Å². The van der Waals surface area contributed by atoms with Crippen molar-refractivity contribution in [2.75, 3.05) is 25.2 Å². The Morgan fingerprint density at radius 1 is 0.775 bits per heavy atom. The zero-order valence-electron chi connectivity index (χ0n) is 25.5. The Balaban J connectivity index is -0.000000508. The van der Waals surface area contributed by atoms with Crippen LogP contribution in [0.1, 0.15) is 110 Å². The second-order valence-corrected chi connectivity index (χ2v) is 16.9. The summed E-state index contributed by atoms with van der Waals surface area (Å²) in [6.07, 6.45) is 2.33. The molecule has 4 nitrogen and oxygen atoms in total. The van der Waals surface area contributed by atoms with E-state index in [1.807, 2.05) is 12.1 Å². The normalized spacial score (nSPS) is 12.4. The van der Waals surface area contributed by atoms with Crippen LogP contribution in [-0.4, -0.2) is 43.7 Å². The lowest BCUT2D eigenvalue weighted by molar-refractivity contribution is 0.0815. The minimum atomic E-state index is -1.46. The van der Waals surface area contributed by atoms with Gasteiger partial charge < -0.3 is 19.4 Å². The van der Waals surface area contributed by atoms with Crippen molar-refractivity contribution in [1.29, 1.82) is 0 Å². The molecule has 2 aromatic rings. The number of benzene rings is 2. The zero-order chi connectivity index (χ0) is 29.2. The minimum Gasteiger partial charge on any atom is -0.416 e. The molecule has 2 unspecified atom stereocenters. The number of alkyl halides is 1. The van der Waals surface area contributed by atoms with Crippen LogP contribution in [0, 0.1) is 0 Å². The van der Waals surface area contributed by atoms with Gasteiger partial charge in [0.1, 0.15) is 0 Å². The molecule has 6 heteroatoms. The molecule has 0 saturated heterocycles. The Morgan fingerprint density at radius 2 is 1.20 bits per heavy atom. The van der Waals surface area contributed by atoms with Gasteiger partial charge in [-0.3, -0.25) is 0 Å². The van der Waals surface area contributed by atoms with Crippen LogP contribution in [0.25, 0.3) is 0 Å². The van der Waals surface area contributed by atoms with Gasteiger partial charge in [0.15, 0.2) is 8.32 Å². The fraction of sp³-hybridized carbons (Fsp3) is 0.647. The Bertz CT molecular complexity index is 833. The van der Waals surface area contributed by atoms with E-state index >= 15 is 0 Å². The van der Waals surface area contributed by atoms with Gasteiger partial charge in [0.25, 0.3) is 0 Å². The minimum absolute atomic E-state index is 0. The topological polar surface area (TPSA) is 58.9 Å². The first-order valence-electron chi connectivity index (χ1n) is 14.0. The summed E-state index contributed by atoms with van der Waals surface area (Å²) in [7, 11) is -1.46. The average molecular weight is 644 g/mol. The molecule has 2 rings (SSSR count). The molecule has 0 aliphatic carbocycles. The van der Waals surface area contributed by atoms with Gasteiger partial charge in [0.05, 0.1) is 26.4 Å². The van der Waals surface area contributed by atoms with Crippen LogP contribution in [0.5, 0.6) is 0 Å². The van der Waals surface area contributed by atoms with Crippen molar-refractivity contribution in [2.45, 2.75) is 119 Å². The summed E-state index contributed by atoms with van der Waals surface area (Å²) < 4.78 is 11.1. The maximum absolute atomic E-state index is 8.82. The Labute approximate surface area is 258 Å². The molecule has 234 valence electrons. The van der Waals surface area contributed by atoms with Gasteiger partial charge in [-0.05, 0) is 65.1 Å². The van der Waals surface area contributed by atoms with Gasteiger partial charge in [-0.15, -0.1) is 0 Å². The molecule has 0 radical (unpaired) electrons. The fourth-order valence-electron chi connectivity index (χ4n) is 3.13. The second kappa shape index (κ2) is 23.5. The Kier molecular flexibility index (Phi) is 25.5. The lowest BCUT2D eigenvalue weighted by atomic mass is 9.98. The SMILES string of the molecule is C.C.CC(C)(C)[Si](C)(C)OCCBr.CCC(C)c1ccc(CO)cc1.CCC(C)c1ccc(COCCO)cc1. The molecule has 0 amide bonds. The maximum Gasteiger partial charge on any atom is 0.192 e. The fourth-order valence-corrected chi connectivity index (χ4v) is 4.64. The van der Waals surface area contributed by atoms with Crippen LogP contribution < -0.4 is 0 Å². The first kappa shape index (κ1) is 43.4. The lowest BCUT2D eigenvalue weighted by Gasteiger charge is -2.35. The molecule has 0 fully saturated rings. The number of hydrogen-bond donors (Lipinski definition) is 2. The second-order valence-electron chi connectivity index (χ2n) is 11.3. The molecule has 40 heavy (non-hydrogen) atoms. The first-order valence-corrected chi connectivity index (χ1v) is 18.1. The maximum atomic E-state index is 8.82. The lowest BCUT2D eigenvalue weighted by Crippen LogP contribution is -2.41. The van der Waals surface area contributed by atoms with Gasteiger partial charge in [-0.25, -0.2) is 0 Å². The van der Waals surface area contributed by atoms with Crippen LogP contribution in [0.15, 0.2) is 48.5 Å². The first-order chi connectivity index (χ1) is 17.9. The predicted octanol–water partition coefficient (Wildman–Crippen LogP) is 10.1. The van der Waals surface area contributed by atoms with Crippen LogP contribution in [0.4, 0.5) is 0 Å². The third kappa shape index (κ3) is 17.7. The summed E-state index contributed by atoms with van der Waals surface area (Å²) >= 11 is 3.37. The van der Waals surface area contributed by atoms with E-state index in [0.29, 0.717) is 30.1 Å². The highest BCUT2D eigenvalue weighted by molar-refractivity contribution is 9.09. The summed E-state index contributed by atoms with van der Waals surface area (Å²) in [6, 6.07) is 16.7. The molecule has 0 aliphatic heterocycles. The van der Waals surface area contributed by atoms with Crippen LogP contribution in [-0.2, 0) is 22.4 Å². The van der Waals surface area contributed by atoms with E-state index in [9.17, 15) is 0 Å². The van der Waals surface area contributed by atoms with Gasteiger partial charge in [-0.1, -0.05) is 128 Å². The zero-order valence-corrected chi connectivity index (χ0v) is 28.1. The van der Waals surface area contributed by atoms with E-state index in [0.717, 1.165) is 23.1 Å². The van der Waals surface area contributed by atoms with Crippen molar-refractivity contribution in [3.63, 3.8) is 0 Å². The largest absolute Gasteiger partial charge is 0.416 e. The quantitative estimate of drug-likeness (QED) is 0.137. The van der Waals surface area contributed by atoms with Crippen LogP contribution >= 0.6 is 15.9 Å². The Morgan fingerprint density at radius 3 is 1.52 bits per heavy atom. The highest BCUT2D eigenvalue weighted by atomic mass is 79.9. The summed E-state index contributed by atoms with van der Waals surface area (Å²) in [5.41, 5.74) is 4.88. The molecule has 0 bridgehead atoms. The molecular weight excluding hydrogens is 580 g/mol. The van der Waals surface area contributed by atoms with E-state index in [1.54, 1.807) is 0 Å². The molecule has 0 aromatic heterocycles. The third-order valence-corrected chi connectivity index (χ3v) is 12.2. The molecule has 2 aromatic carbocycles. The van der Waals surface area contributed by atoms with E-state index in [1.165, 1.54) is 24.0 Å². The molecular formula is C34H63BrO4Si. The molecule has 2 N–H and O–H groups in total. The monoisotopic (exact) mass is 642 g/mol. The molecule has 0 saturated carbocycles. The summed E-state index contributed by atoms with van der Waals surface area (Å²) in [6.45, 7) is 22.2. The van der Waals surface area contributed by atoms with Crippen LogP contribution in [0.2, 0.25) is 18.1 Å². The van der Waals surface area contributed by atoms with E-state index in [2.05, 4.69) is 114 Å². The van der Waals surface area contributed by atoms with Crippen molar-refractivity contribution in [2.24, 2.45) is 0 Å². The van der Waals surface area contributed by atoms with Gasteiger partial charge >= 0.3 is 0 Å². The van der Waals surface area contributed by atoms with E-state index < -0.39 is 8.32 Å². The number of ether oxygens (including phenoxy) is 1. The summed E-state index contributed by atoms with van der Waals surface area (Å²) in [4.78, 5) is 0. The number of halogens is 1. The van der Waals surface area contributed by atoms with Crippen molar-refractivity contribution in [3.05, 3.63) is 70.8 Å². The van der Waals surface area contributed by atoms with Crippen molar-refractivity contribution in [3.8, 4) is 0 Å². The predicted molar refractivity (Wildman–Crippen MR) is 183 cm³/mol. The van der Waals surface area contributed by atoms with Crippen molar-refractivity contribution >= 4 is 24.2 Å². The molecule has 0 heterocycles. The van der Waals surface area contributed by atoms with Gasteiger partial charge in [0.2, 0.25) is 0 Å². The number of hydrogen-bond acceptors (Lipinski definition) is 4.